The number of hydrogen-bond acceptors (Lipinski definition) is 3. The lowest BCUT2D eigenvalue weighted by atomic mass is 9.87. The second-order valence-electron chi connectivity index (χ2n) is 6.16. The van der Waals surface area contributed by atoms with Crippen LogP contribution in [0.25, 0.3) is 17.2 Å². The summed E-state index contributed by atoms with van der Waals surface area (Å²) in [7, 11) is 0. The number of benzene rings is 3. The van der Waals surface area contributed by atoms with E-state index in [-0.39, 0.29) is 5.78 Å². The normalized spacial score (nSPS) is 12.3. The van der Waals surface area contributed by atoms with Gasteiger partial charge in [-0.15, -0.1) is 0 Å². The number of carbonyl (C=O) groups is 1. The molecule has 0 radical (unpaired) electrons. The number of nitriles is 1. The van der Waals surface area contributed by atoms with Crippen molar-refractivity contribution in [2.45, 2.75) is 6.42 Å². The molecule has 4 rings (SSSR count). The van der Waals surface area contributed by atoms with Gasteiger partial charge in [-0.1, -0.05) is 48.6 Å². The molecule has 0 spiro atoms. The average Bonchev–Trinajstić information content (AvgIpc) is 2.69. The molecule has 26 heavy (non-hydrogen) atoms. The summed E-state index contributed by atoms with van der Waals surface area (Å²) in [5, 5.41) is 12.5. The van der Waals surface area contributed by atoms with E-state index in [1.165, 1.54) is 0 Å². The van der Waals surface area contributed by atoms with E-state index >= 15 is 0 Å². The summed E-state index contributed by atoms with van der Waals surface area (Å²) in [6, 6.07) is 23.4. The van der Waals surface area contributed by atoms with Crippen LogP contribution in [0.5, 0.6) is 0 Å². The zero-order chi connectivity index (χ0) is 17.9. The van der Waals surface area contributed by atoms with Gasteiger partial charge in [0.25, 0.3) is 0 Å². The van der Waals surface area contributed by atoms with Gasteiger partial charge in [0.2, 0.25) is 0 Å². The van der Waals surface area contributed by atoms with Gasteiger partial charge < -0.3 is 5.32 Å². The highest BCUT2D eigenvalue weighted by Crippen LogP contribution is 2.36. The van der Waals surface area contributed by atoms with Gasteiger partial charge in [-0.05, 0) is 47.0 Å². The summed E-state index contributed by atoms with van der Waals surface area (Å²) >= 11 is 0. The number of ketones is 1. The van der Waals surface area contributed by atoms with Gasteiger partial charge in [0.1, 0.15) is 0 Å². The maximum absolute atomic E-state index is 12.7. The quantitative estimate of drug-likeness (QED) is 0.680. The molecule has 1 aliphatic rings. The maximum Gasteiger partial charge on any atom is 0.169 e. The molecular formula is C23H16N2O. The van der Waals surface area contributed by atoms with E-state index in [4.69, 9.17) is 5.26 Å². The Bertz CT molecular complexity index is 1060. The van der Waals surface area contributed by atoms with Crippen LogP contribution in [0.15, 0.2) is 72.8 Å². The van der Waals surface area contributed by atoms with E-state index in [0.717, 1.165) is 28.1 Å². The lowest BCUT2D eigenvalue weighted by molar-refractivity contribution is 0.0995. The molecule has 1 aliphatic carbocycles. The Hall–Kier alpha value is -3.64. The van der Waals surface area contributed by atoms with Crippen LogP contribution in [0.2, 0.25) is 0 Å². The number of Topliss-reactive ketones (excluding diaryl/α,β-unsaturated/α-hetero) is 1. The predicted molar refractivity (Wildman–Crippen MR) is 104 cm³/mol. The van der Waals surface area contributed by atoms with E-state index in [1.54, 1.807) is 6.07 Å². The van der Waals surface area contributed by atoms with Crippen molar-refractivity contribution in [1.29, 1.82) is 5.26 Å². The van der Waals surface area contributed by atoms with Crippen LogP contribution in [0.4, 0.5) is 11.4 Å². The number of anilines is 2. The Morgan fingerprint density at radius 1 is 0.962 bits per heavy atom. The molecule has 0 saturated carbocycles. The molecule has 3 aromatic carbocycles. The molecule has 3 nitrogen and oxygen atoms in total. The standard InChI is InChI=1S/C23H16N2O/c24-15-16-6-4-7-17(14-16)19-12-13-21(25-18-8-2-1-3-9-18)23-20(19)10-5-11-22(23)26/h1-10,12-14,25H,11H2. The molecule has 0 amide bonds. The first-order valence-corrected chi connectivity index (χ1v) is 8.45. The van der Waals surface area contributed by atoms with Crippen molar-refractivity contribution >= 4 is 23.2 Å². The molecular weight excluding hydrogens is 320 g/mol. The van der Waals surface area contributed by atoms with Crippen LogP contribution in [0.1, 0.15) is 27.9 Å². The molecule has 124 valence electrons. The average molecular weight is 336 g/mol. The fraction of sp³-hybridized carbons (Fsp3) is 0.0435. The summed E-state index contributed by atoms with van der Waals surface area (Å²) in [5.41, 5.74) is 5.85. The minimum absolute atomic E-state index is 0.0965. The Kier molecular flexibility index (Phi) is 4.09. The lowest BCUT2D eigenvalue weighted by Gasteiger charge is -2.19. The third kappa shape index (κ3) is 2.89. The molecule has 3 heteroatoms. The van der Waals surface area contributed by atoms with Gasteiger partial charge in [-0.2, -0.15) is 5.26 Å². The number of hydrogen-bond donors (Lipinski definition) is 1. The summed E-state index contributed by atoms with van der Waals surface area (Å²) in [4.78, 5) is 12.7. The second-order valence-corrected chi connectivity index (χ2v) is 6.16. The SMILES string of the molecule is N#Cc1cccc(-c2ccc(Nc3ccccc3)c3c2C=CCC3=O)c1. The monoisotopic (exact) mass is 336 g/mol. The molecule has 3 aromatic rings. The van der Waals surface area contributed by atoms with Gasteiger partial charge in [-0.3, -0.25) is 4.79 Å². The van der Waals surface area contributed by atoms with E-state index < -0.39 is 0 Å². The number of allylic oxidation sites excluding steroid dienone is 1. The Morgan fingerprint density at radius 3 is 2.62 bits per heavy atom. The molecule has 0 heterocycles. The molecule has 0 bridgehead atoms. The molecule has 0 fully saturated rings. The molecule has 0 saturated heterocycles. The third-order valence-corrected chi connectivity index (χ3v) is 4.47. The van der Waals surface area contributed by atoms with Crippen LogP contribution in [-0.2, 0) is 0 Å². The first-order valence-electron chi connectivity index (χ1n) is 8.45. The van der Waals surface area contributed by atoms with Gasteiger partial charge >= 0.3 is 0 Å². The number of nitrogens with zero attached hydrogens (tertiary/aromatic N) is 1. The maximum atomic E-state index is 12.7. The Balaban J connectivity index is 1.86. The van der Waals surface area contributed by atoms with E-state index in [9.17, 15) is 4.79 Å². The number of para-hydroxylation sites is 1. The Morgan fingerprint density at radius 2 is 1.81 bits per heavy atom. The van der Waals surface area contributed by atoms with Crippen LogP contribution < -0.4 is 5.32 Å². The van der Waals surface area contributed by atoms with Crippen molar-refractivity contribution in [3.8, 4) is 17.2 Å². The molecule has 0 aromatic heterocycles. The van der Waals surface area contributed by atoms with Crippen LogP contribution >= 0.6 is 0 Å². The fourth-order valence-corrected chi connectivity index (χ4v) is 3.27. The van der Waals surface area contributed by atoms with E-state index in [1.807, 2.05) is 72.8 Å². The second kappa shape index (κ2) is 6.70. The lowest BCUT2D eigenvalue weighted by Crippen LogP contribution is -2.09. The van der Waals surface area contributed by atoms with Gasteiger partial charge in [0, 0.05) is 17.7 Å². The fourth-order valence-electron chi connectivity index (χ4n) is 3.27. The molecule has 0 aliphatic heterocycles. The topological polar surface area (TPSA) is 52.9 Å². The number of carbonyl (C=O) groups excluding carboxylic acids is 1. The van der Waals surface area contributed by atoms with Crippen LogP contribution in [-0.4, -0.2) is 5.78 Å². The third-order valence-electron chi connectivity index (χ3n) is 4.47. The van der Waals surface area contributed by atoms with Crippen molar-refractivity contribution in [2.75, 3.05) is 5.32 Å². The van der Waals surface area contributed by atoms with Gasteiger partial charge in [0.15, 0.2) is 5.78 Å². The first-order chi connectivity index (χ1) is 12.8. The van der Waals surface area contributed by atoms with E-state index in [0.29, 0.717) is 17.5 Å². The summed E-state index contributed by atoms with van der Waals surface area (Å²) in [6.07, 6.45) is 4.30. The van der Waals surface area contributed by atoms with Crippen molar-refractivity contribution in [3.05, 3.63) is 89.5 Å². The van der Waals surface area contributed by atoms with Crippen molar-refractivity contribution in [1.82, 2.24) is 0 Å². The largest absolute Gasteiger partial charge is 0.355 e. The smallest absolute Gasteiger partial charge is 0.169 e. The van der Waals surface area contributed by atoms with Crippen molar-refractivity contribution in [2.24, 2.45) is 0 Å². The predicted octanol–water partition coefficient (Wildman–Crippen LogP) is 5.57. The highest BCUT2D eigenvalue weighted by atomic mass is 16.1. The minimum Gasteiger partial charge on any atom is -0.355 e. The Labute approximate surface area is 152 Å². The van der Waals surface area contributed by atoms with E-state index in [2.05, 4.69) is 11.4 Å². The summed E-state index contributed by atoms with van der Waals surface area (Å²) in [5.74, 6) is 0.0965. The zero-order valence-electron chi connectivity index (χ0n) is 14.1. The molecule has 0 atom stereocenters. The van der Waals surface area contributed by atoms with Crippen LogP contribution in [0, 0.1) is 11.3 Å². The van der Waals surface area contributed by atoms with Crippen LogP contribution in [0.3, 0.4) is 0 Å². The van der Waals surface area contributed by atoms with Gasteiger partial charge in [0.05, 0.1) is 17.3 Å². The highest BCUT2D eigenvalue weighted by Gasteiger charge is 2.21. The first kappa shape index (κ1) is 15.9. The van der Waals surface area contributed by atoms with Crippen molar-refractivity contribution in [3.63, 3.8) is 0 Å². The zero-order valence-corrected chi connectivity index (χ0v) is 14.1. The number of rotatable bonds is 3. The van der Waals surface area contributed by atoms with Gasteiger partial charge in [-0.25, -0.2) is 0 Å². The molecule has 1 N–H and O–H groups in total. The highest BCUT2D eigenvalue weighted by molar-refractivity contribution is 6.10. The minimum atomic E-state index is 0.0965. The number of nitrogens with one attached hydrogen (secondary N) is 1. The van der Waals surface area contributed by atoms with Crippen molar-refractivity contribution < 1.29 is 4.79 Å². The summed E-state index contributed by atoms with van der Waals surface area (Å²) in [6.45, 7) is 0. The number of fused-ring (bicyclic) bond motifs is 1. The summed E-state index contributed by atoms with van der Waals surface area (Å²) < 4.78 is 0. The molecule has 0 unspecified atom stereocenters.